The fourth-order valence-corrected chi connectivity index (χ4v) is 1.02. The largest absolute Gasteiger partial charge is 2.00 e. The van der Waals surface area contributed by atoms with E-state index >= 15 is 0 Å². The molecule has 0 aromatic rings. The van der Waals surface area contributed by atoms with E-state index in [0.717, 1.165) is 0 Å². The number of aliphatic imine (C=N–C) groups is 2. The predicted octanol–water partition coefficient (Wildman–Crippen LogP) is -0.00470. The molecule has 10 heteroatoms. The van der Waals surface area contributed by atoms with Crippen molar-refractivity contribution in [2.75, 3.05) is 20.7 Å². The first-order valence-corrected chi connectivity index (χ1v) is 6.38. The molecule has 0 rings (SSSR count). The molecule has 0 spiro atoms. The van der Waals surface area contributed by atoms with Crippen LogP contribution in [0.4, 0.5) is 0 Å². The normalized spacial score (nSPS) is 14.9. The van der Waals surface area contributed by atoms with E-state index in [2.05, 4.69) is 31.0 Å². The van der Waals surface area contributed by atoms with Crippen LogP contribution in [0.5, 0.6) is 0 Å². The molecule has 0 aromatic heterocycles. The van der Waals surface area contributed by atoms with Crippen molar-refractivity contribution in [1.82, 2.24) is 10.9 Å². The molecule has 0 aliphatic carbocycles. The van der Waals surface area contributed by atoms with Gasteiger partial charge in [-0.1, -0.05) is 0 Å². The molecule has 0 aromatic carbocycles. The summed E-state index contributed by atoms with van der Waals surface area (Å²) in [6, 6.07) is 0. The van der Waals surface area contributed by atoms with Gasteiger partial charge in [-0.2, -0.15) is 10.2 Å². The molecule has 0 saturated carbocycles. The van der Waals surface area contributed by atoms with Crippen LogP contribution >= 0.6 is 0 Å². The van der Waals surface area contributed by atoms with Crippen LogP contribution in [-0.2, 0) is 47.1 Å². The Hall–Kier alpha value is -0.801. The minimum Gasteiger partial charge on any atom is -0.741 e. The maximum absolute atomic E-state index is 5.43. The Morgan fingerprint density at radius 3 is 2.25 bits per heavy atom. The standard InChI is InChI=1S/C10H20N6OS2.Cu/c1-5-17-7(2)8(14-16-10(19)12-4)6-13-15-9(18)11-3;/h6-7H,5H2,1-4H3,(H2,11,15,18)(H2,12,16,19);/q;+2/p-2. The number of ether oxygens (including phenoxy) is 1. The molecule has 1 radical (unpaired) electrons. The van der Waals surface area contributed by atoms with Crippen molar-refractivity contribution in [2.45, 2.75) is 20.0 Å². The Bertz CT molecular complexity index is 386. The van der Waals surface area contributed by atoms with Gasteiger partial charge in [0.15, 0.2) is 0 Å². The van der Waals surface area contributed by atoms with Crippen LogP contribution in [0.1, 0.15) is 13.8 Å². The summed E-state index contributed by atoms with van der Waals surface area (Å²) in [6.45, 7) is 4.31. The van der Waals surface area contributed by atoms with Crippen molar-refractivity contribution in [1.29, 1.82) is 0 Å². The van der Waals surface area contributed by atoms with Crippen LogP contribution in [-0.4, -0.2) is 49.1 Å². The van der Waals surface area contributed by atoms with Crippen molar-refractivity contribution < 1.29 is 21.8 Å². The van der Waals surface area contributed by atoms with Gasteiger partial charge in [0.1, 0.15) is 11.8 Å². The Morgan fingerprint density at radius 1 is 1.20 bits per heavy atom. The molecule has 0 aliphatic rings. The first-order chi connectivity index (χ1) is 9.04. The van der Waals surface area contributed by atoms with Gasteiger partial charge in [-0.25, -0.2) is 0 Å². The summed E-state index contributed by atoms with van der Waals surface area (Å²) >= 11 is 9.71. The quantitative estimate of drug-likeness (QED) is 0.227. The summed E-state index contributed by atoms with van der Waals surface area (Å²) in [5.74, 6) is 0. The van der Waals surface area contributed by atoms with E-state index in [1.165, 1.54) is 6.21 Å². The predicted molar refractivity (Wildman–Crippen MR) is 84.7 cm³/mol. The number of rotatable bonds is 6. The number of hydrogen-bond acceptors (Lipinski definition) is 7. The van der Waals surface area contributed by atoms with E-state index in [9.17, 15) is 0 Å². The molecule has 117 valence electrons. The third kappa shape index (κ3) is 10.0. The van der Waals surface area contributed by atoms with Gasteiger partial charge in [-0.15, -0.1) is 0 Å². The SMILES string of the molecule is CCOC(C)C(C=NNC([S-])=NC)=NNC([S-])=NC.[Cu+2]. The molecule has 0 aliphatic heterocycles. The number of nitrogens with one attached hydrogen (secondary N) is 2. The Balaban J connectivity index is 0. The second-order valence-corrected chi connectivity index (χ2v) is 3.95. The summed E-state index contributed by atoms with van der Waals surface area (Å²) in [7, 11) is 3.15. The smallest absolute Gasteiger partial charge is 0.741 e. The minimum absolute atomic E-state index is 0. The average Bonchev–Trinajstić information content (AvgIpc) is 2.41. The van der Waals surface area contributed by atoms with Crippen LogP contribution in [0.25, 0.3) is 0 Å². The third-order valence-electron chi connectivity index (χ3n) is 1.88. The van der Waals surface area contributed by atoms with Gasteiger partial charge in [0.2, 0.25) is 0 Å². The summed E-state index contributed by atoms with van der Waals surface area (Å²) in [5, 5.41) is 8.56. The molecule has 0 amide bonds. The van der Waals surface area contributed by atoms with Crippen LogP contribution in [0.2, 0.25) is 0 Å². The van der Waals surface area contributed by atoms with E-state index < -0.39 is 0 Å². The molecule has 1 unspecified atom stereocenters. The van der Waals surface area contributed by atoms with Gasteiger partial charge in [0, 0.05) is 20.7 Å². The van der Waals surface area contributed by atoms with Crippen molar-refractivity contribution >= 4 is 47.5 Å². The van der Waals surface area contributed by atoms with E-state index in [4.69, 9.17) is 30.0 Å². The number of hydrazone groups is 2. The van der Waals surface area contributed by atoms with Gasteiger partial charge in [-0.05, 0) is 24.2 Å². The summed E-state index contributed by atoms with van der Waals surface area (Å²) < 4.78 is 5.43. The second kappa shape index (κ2) is 13.2. The molecule has 1 atom stereocenters. The molecule has 2 N–H and O–H groups in total. The zero-order chi connectivity index (χ0) is 14.7. The van der Waals surface area contributed by atoms with Gasteiger partial charge in [0.25, 0.3) is 0 Å². The summed E-state index contributed by atoms with van der Waals surface area (Å²) in [4.78, 5) is 7.50. The molecular weight excluding hydrogens is 348 g/mol. The topological polar surface area (TPSA) is 82.7 Å². The van der Waals surface area contributed by atoms with Gasteiger partial charge < -0.3 is 30.0 Å². The summed E-state index contributed by atoms with van der Waals surface area (Å²) in [6.07, 6.45) is 1.25. The molecule has 0 bridgehead atoms. The van der Waals surface area contributed by atoms with E-state index in [-0.39, 0.29) is 33.5 Å². The Kier molecular flexibility index (Phi) is 14.2. The first-order valence-electron chi connectivity index (χ1n) is 5.57. The van der Waals surface area contributed by atoms with E-state index in [0.29, 0.717) is 12.3 Å². The van der Waals surface area contributed by atoms with Crippen LogP contribution < -0.4 is 10.9 Å². The van der Waals surface area contributed by atoms with Gasteiger partial charge in [0.05, 0.1) is 6.21 Å². The van der Waals surface area contributed by atoms with Crippen LogP contribution in [0.15, 0.2) is 20.2 Å². The van der Waals surface area contributed by atoms with Crippen molar-refractivity contribution in [3.05, 3.63) is 0 Å². The first kappa shape index (κ1) is 21.5. The zero-order valence-electron chi connectivity index (χ0n) is 11.7. The number of amidine groups is 2. The third-order valence-corrected chi connectivity index (χ3v) is 2.42. The monoisotopic (exact) mass is 365 g/mol. The number of nitrogens with zero attached hydrogens (tertiary/aromatic N) is 4. The molecule has 0 saturated heterocycles. The zero-order valence-corrected chi connectivity index (χ0v) is 14.3. The molecule has 0 heterocycles. The molecular formula is C10H18CuN6OS2. The fourth-order valence-electron chi connectivity index (χ4n) is 0.926. The summed E-state index contributed by atoms with van der Waals surface area (Å²) in [5.41, 5.74) is 5.75. The molecule has 0 fully saturated rings. The Labute approximate surface area is 141 Å². The van der Waals surface area contributed by atoms with E-state index in [1.54, 1.807) is 14.1 Å². The van der Waals surface area contributed by atoms with E-state index in [1.807, 2.05) is 13.8 Å². The van der Waals surface area contributed by atoms with Gasteiger partial charge in [-0.3, -0.25) is 20.8 Å². The van der Waals surface area contributed by atoms with Crippen molar-refractivity contribution in [3.63, 3.8) is 0 Å². The van der Waals surface area contributed by atoms with Crippen molar-refractivity contribution in [2.24, 2.45) is 20.2 Å². The average molecular weight is 366 g/mol. The van der Waals surface area contributed by atoms with Gasteiger partial charge >= 0.3 is 17.1 Å². The second-order valence-electron chi connectivity index (χ2n) is 3.17. The van der Waals surface area contributed by atoms with Crippen LogP contribution in [0, 0.1) is 0 Å². The fraction of sp³-hybridized carbons (Fsp3) is 0.600. The maximum Gasteiger partial charge on any atom is 2.00 e. The Morgan fingerprint density at radius 2 is 1.75 bits per heavy atom. The number of hydrogen-bond donors (Lipinski definition) is 2. The maximum atomic E-state index is 5.43. The van der Waals surface area contributed by atoms with Crippen molar-refractivity contribution in [3.8, 4) is 0 Å². The minimum atomic E-state index is -0.241. The molecule has 7 nitrogen and oxygen atoms in total. The van der Waals surface area contributed by atoms with Crippen LogP contribution in [0.3, 0.4) is 0 Å². The molecule has 20 heavy (non-hydrogen) atoms.